The van der Waals surface area contributed by atoms with Crippen LogP contribution in [0.4, 0.5) is 0 Å². The summed E-state index contributed by atoms with van der Waals surface area (Å²) in [5, 5.41) is 16.2. The average molecular weight is 389 g/mol. The molecule has 4 atom stereocenters. The van der Waals surface area contributed by atoms with E-state index >= 15 is 0 Å². The first kappa shape index (κ1) is 18.9. The van der Waals surface area contributed by atoms with Gasteiger partial charge in [-0.05, 0) is 37.2 Å². The van der Waals surface area contributed by atoms with Crippen molar-refractivity contribution in [3.8, 4) is 0 Å². The highest BCUT2D eigenvalue weighted by atomic mass is 16.4. The minimum Gasteiger partial charge on any atom is -0.480 e. The Morgan fingerprint density at radius 1 is 1.32 bits per heavy atom. The fraction of sp³-hybridized carbons (Fsp3) is 0.684. The number of carbonyl (C=O) groups is 3. The van der Waals surface area contributed by atoms with Gasteiger partial charge in [0.2, 0.25) is 5.91 Å². The van der Waals surface area contributed by atoms with Crippen LogP contribution < -0.4 is 5.32 Å². The van der Waals surface area contributed by atoms with Crippen LogP contribution in [0.2, 0.25) is 0 Å². The minimum absolute atomic E-state index is 0.0295. The average Bonchev–Trinajstić information content (AvgIpc) is 3.07. The molecule has 4 rings (SSSR count). The molecule has 4 heterocycles. The highest BCUT2D eigenvalue weighted by molar-refractivity contribution is 5.92. The monoisotopic (exact) mass is 389 g/mol. The molecule has 28 heavy (non-hydrogen) atoms. The molecule has 3 aliphatic heterocycles. The fourth-order valence-corrected chi connectivity index (χ4v) is 5.34. The summed E-state index contributed by atoms with van der Waals surface area (Å²) in [5.41, 5.74) is 0.478. The van der Waals surface area contributed by atoms with E-state index in [1.165, 1.54) is 4.68 Å². The number of nitrogens with zero attached hydrogens (tertiary/aromatic N) is 4. The van der Waals surface area contributed by atoms with Gasteiger partial charge in [-0.15, -0.1) is 0 Å². The maximum Gasteiger partial charge on any atom is 0.317 e. The third-order valence-electron chi connectivity index (χ3n) is 6.46. The SMILES string of the molecule is Cn1nccc1C(=O)NC[C@H]1[C@H]2C[C@H](CN(CC(=O)O)C2)[C@@H]2CCCC(=O)N21. The number of hydrogen-bond donors (Lipinski definition) is 2. The first-order valence-corrected chi connectivity index (χ1v) is 9.95. The van der Waals surface area contributed by atoms with Crippen molar-refractivity contribution in [3.63, 3.8) is 0 Å². The number of carboxylic acid groups (broad SMARTS) is 1. The van der Waals surface area contributed by atoms with Crippen LogP contribution in [-0.4, -0.2) is 80.7 Å². The van der Waals surface area contributed by atoms with Gasteiger partial charge < -0.3 is 15.3 Å². The number of nitrogens with one attached hydrogen (secondary N) is 1. The van der Waals surface area contributed by atoms with Crippen LogP contribution in [0.1, 0.15) is 36.2 Å². The van der Waals surface area contributed by atoms with Gasteiger partial charge in [-0.2, -0.15) is 5.10 Å². The Morgan fingerprint density at radius 2 is 2.11 bits per heavy atom. The number of aryl methyl sites for hydroxylation is 1. The Kier molecular flexibility index (Phi) is 5.09. The van der Waals surface area contributed by atoms with E-state index in [-0.39, 0.29) is 36.4 Å². The number of fused-ring (bicyclic) bond motifs is 4. The Morgan fingerprint density at radius 3 is 2.82 bits per heavy atom. The Hall–Kier alpha value is -2.42. The van der Waals surface area contributed by atoms with E-state index in [1.54, 1.807) is 19.3 Å². The van der Waals surface area contributed by atoms with E-state index in [9.17, 15) is 19.5 Å². The second-order valence-electron chi connectivity index (χ2n) is 8.22. The van der Waals surface area contributed by atoms with E-state index in [4.69, 9.17) is 0 Å². The quantitative estimate of drug-likeness (QED) is 0.730. The minimum atomic E-state index is -0.822. The number of amides is 2. The molecule has 2 bridgehead atoms. The van der Waals surface area contributed by atoms with Crippen LogP contribution in [-0.2, 0) is 16.6 Å². The van der Waals surface area contributed by atoms with Gasteiger partial charge in [0.05, 0.1) is 12.6 Å². The molecule has 2 amide bonds. The molecule has 0 aromatic carbocycles. The van der Waals surface area contributed by atoms with Gasteiger partial charge in [0.1, 0.15) is 5.69 Å². The molecule has 3 saturated heterocycles. The summed E-state index contributed by atoms with van der Waals surface area (Å²) in [6, 6.07) is 1.71. The van der Waals surface area contributed by atoms with Crippen molar-refractivity contribution in [2.75, 3.05) is 26.2 Å². The first-order chi connectivity index (χ1) is 13.4. The van der Waals surface area contributed by atoms with Gasteiger partial charge in [0.15, 0.2) is 0 Å². The zero-order valence-corrected chi connectivity index (χ0v) is 16.1. The predicted molar refractivity (Wildman–Crippen MR) is 99.5 cm³/mol. The molecule has 9 heteroatoms. The van der Waals surface area contributed by atoms with Gasteiger partial charge in [-0.3, -0.25) is 24.0 Å². The van der Waals surface area contributed by atoms with Crippen molar-refractivity contribution in [3.05, 3.63) is 18.0 Å². The van der Waals surface area contributed by atoms with Gasteiger partial charge in [-0.1, -0.05) is 0 Å². The summed E-state index contributed by atoms with van der Waals surface area (Å²) < 4.78 is 1.52. The third-order valence-corrected chi connectivity index (χ3v) is 6.46. The number of aromatic nitrogens is 2. The molecule has 1 aromatic rings. The Labute approximate surface area is 163 Å². The molecular formula is C19H27N5O4. The number of carboxylic acids is 1. The van der Waals surface area contributed by atoms with Crippen molar-refractivity contribution in [2.45, 2.75) is 37.8 Å². The smallest absolute Gasteiger partial charge is 0.317 e. The van der Waals surface area contributed by atoms with E-state index in [1.807, 2.05) is 9.80 Å². The normalized spacial score (nSPS) is 30.0. The highest BCUT2D eigenvalue weighted by Crippen LogP contribution is 2.41. The summed E-state index contributed by atoms with van der Waals surface area (Å²) >= 11 is 0. The van der Waals surface area contributed by atoms with Crippen LogP contribution in [0.5, 0.6) is 0 Å². The molecule has 3 fully saturated rings. The molecule has 2 N–H and O–H groups in total. The Balaban J connectivity index is 1.52. The predicted octanol–water partition coefficient (Wildman–Crippen LogP) is -0.0641. The van der Waals surface area contributed by atoms with Crippen LogP contribution in [0, 0.1) is 11.8 Å². The molecule has 0 spiro atoms. The maximum atomic E-state index is 12.7. The summed E-state index contributed by atoms with van der Waals surface area (Å²) in [4.78, 5) is 40.5. The van der Waals surface area contributed by atoms with Gasteiger partial charge >= 0.3 is 5.97 Å². The van der Waals surface area contributed by atoms with Crippen LogP contribution >= 0.6 is 0 Å². The molecule has 152 valence electrons. The zero-order chi connectivity index (χ0) is 19.8. The molecule has 0 unspecified atom stereocenters. The number of hydrogen-bond acceptors (Lipinski definition) is 5. The number of carbonyl (C=O) groups excluding carboxylic acids is 2. The summed E-state index contributed by atoms with van der Waals surface area (Å²) in [5.74, 6) is -0.383. The summed E-state index contributed by atoms with van der Waals surface area (Å²) in [6.07, 6.45) is 4.96. The third kappa shape index (κ3) is 3.50. The molecule has 0 aliphatic carbocycles. The van der Waals surface area contributed by atoms with E-state index < -0.39 is 5.97 Å². The molecular weight excluding hydrogens is 362 g/mol. The van der Waals surface area contributed by atoms with Gasteiger partial charge in [0, 0.05) is 45.3 Å². The molecule has 1 aromatic heterocycles. The largest absolute Gasteiger partial charge is 0.480 e. The lowest BCUT2D eigenvalue weighted by Gasteiger charge is -2.56. The van der Waals surface area contributed by atoms with Crippen molar-refractivity contribution in [1.82, 2.24) is 24.9 Å². The Bertz CT molecular complexity index is 778. The number of rotatable bonds is 5. The molecule has 9 nitrogen and oxygen atoms in total. The number of piperidine rings is 3. The topological polar surface area (TPSA) is 108 Å². The van der Waals surface area contributed by atoms with Crippen molar-refractivity contribution in [1.29, 1.82) is 0 Å². The molecule has 0 saturated carbocycles. The lowest BCUT2D eigenvalue weighted by molar-refractivity contribution is -0.154. The van der Waals surface area contributed by atoms with Crippen LogP contribution in [0.15, 0.2) is 12.3 Å². The lowest BCUT2D eigenvalue weighted by atomic mass is 9.72. The molecule has 3 aliphatic rings. The standard InChI is InChI=1S/C19H27N5O4/c1-22-15(5-6-21-22)19(28)20-8-16-13-7-12(9-23(10-13)11-18(26)27)14-3-2-4-17(25)24(14)16/h5-6,12-14,16H,2-4,7-11H2,1H3,(H,20,28)(H,26,27)/t12-,13+,14+,16+/m1/s1. The van der Waals surface area contributed by atoms with Gasteiger partial charge in [-0.25, -0.2) is 0 Å². The van der Waals surface area contributed by atoms with E-state index in [2.05, 4.69) is 10.4 Å². The number of likely N-dealkylation sites (tertiary alicyclic amines) is 1. The zero-order valence-electron chi connectivity index (χ0n) is 16.1. The first-order valence-electron chi connectivity index (χ1n) is 9.95. The van der Waals surface area contributed by atoms with Crippen molar-refractivity contribution < 1.29 is 19.5 Å². The van der Waals surface area contributed by atoms with Crippen molar-refractivity contribution in [2.24, 2.45) is 18.9 Å². The second-order valence-corrected chi connectivity index (χ2v) is 8.22. The maximum absolute atomic E-state index is 12.7. The van der Waals surface area contributed by atoms with Crippen molar-refractivity contribution >= 4 is 17.8 Å². The van der Waals surface area contributed by atoms with Gasteiger partial charge in [0.25, 0.3) is 5.91 Å². The van der Waals surface area contributed by atoms with E-state index in [0.717, 1.165) is 25.8 Å². The van der Waals surface area contributed by atoms with Crippen LogP contribution in [0.3, 0.4) is 0 Å². The summed E-state index contributed by atoms with van der Waals surface area (Å²) in [6.45, 7) is 1.78. The summed E-state index contributed by atoms with van der Waals surface area (Å²) in [7, 11) is 1.72. The second kappa shape index (κ2) is 7.54. The van der Waals surface area contributed by atoms with E-state index in [0.29, 0.717) is 31.1 Å². The highest BCUT2D eigenvalue weighted by Gasteiger charge is 2.49. The fourth-order valence-electron chi connectivity index (χ4n) is 5.34. The number of aliphatic carboxylic acids is 1. The lowest BCUT2D eigenvalue weighted by Crippen LogP contribution is -2.67. The van der Waals surface area contributed by atoms with Crippen LogP contribution in [0.25, 0.3) is 0 Å². The molecule has 0 radical (unpaired) electrons.